The highest BCUT2D eigenvalue weighted by atomic mass is 16.4. The molecule has 0 radical (unpaired) electrons. The fraction of sp³-hybridized carbons (Fsp3) is 0.250. The Morgan fingerprint density at radius 2 is 2.19 bits per heavy atom. The minimum absolute atomic E-state index is 0.0299. The maximum atomic E-state index is 11.1. The molecule has 16 heavy (non-hydrogen) atoms. The van der Waals surface area contributed by atoms with Crippen molar-refractivity contribution in [3.63, 3.8) is 0 Å². The van der Waals surface area contributed by atoms with Crippen LogP contribution < -0.4 is 5.73 Å². The number of H-pyrrole nitrogens is 1. The van der Waals surface area contributed by atoms with Gasteiger partial charge in [0.1, 0.15) is 5.69 Å². The topological polar surface area (TPSA) is 79.1 Å². The molecule has 1 aromatic heterocycles. The molecule has 0 bridgehead atoms. The lowest BCUT2D eigenvalue weighted by Gasteiger charge is -2.08. The van der Waals surface area contributed by atoms with Crippen LogP contribution in [0.3, 0.4) is 0 Å². The number of carboxylic acid groups (broad SMARTS) is 1. The molecule has 0 spiro atoms. The highest BCUT2D eigenvalue weighted by Crippen LogP contribution is 2.28. The first-order valence-electron chi connectivity index (χ1n) is 5.19. The normalized spacial score (nSPS) is 12.9. The Kier molecular flexibility index (Phi) is 2.66. The molecule has 1 atom stereocenters. The van der Waals surface area contributed by atoms with Crippen LogP contribution in [0.5, 0.6) is 0 Å². The van der Waals surface area contributed by atoms with Gasteiger partial charge in [-0.1, -0.05) is 25.1 Å². The summed E-state index contributed by atoms with van der Waals surface area (Å²) in [6.07, 6.45) is 0. The molecule has 0 saturated heterocycles. The second-order valence-corrected chi connectivity index (χ2v) is 3.90. The largest absolute Gasteiger partial charge is 0.477 e. The summed E-state index contributed by atoms with van der Waals surface area (Å²) in [5.41, 5.74) is 7.51. The monoisotopic (exact) mass is 218 g/mol. The summed E-state index contributed by atoms with van der Waals surface area (Å²) in [7, 11) is 0. The third kappa shape index (κ3) is 1.57. The van der Waals surface area contributed by atoms with E-state index in [1.54, 1.807) is 0 Å². The molecule has 2 rings (SSSR count). The lowest BCUT2D eigenvalue weighted by atomic mass is 9.98. The lowest BCUT2D eigenvalue weighted by Crippen LogP contribution is -2.12. The highest BCUT2D eigenvalue weighted by Gasteiger charge is 2.20. The Morgan fingerprint density at radius 3 is 2.81 bits per heavy atom. The first kappa shape index (κ1) is 10.7. The molecule has 1 unspecified atom stereocenters. The summed E-state index contributed by atoms with van der Waals surface area (Å²) < 4.78 is 0. The van der Waals surface area contributed by atoms with E-state index in [-0.39, 0.29) is 11.6 Å². The van der Waals surface area contributed by atoms with E-state index in [2.05, 4.69) is 4.98 Å². The number of aromatic carboxylic acids is 1. The van der Waals surface area contributed by atoms with E-state index in [0.717, 1.165) is 16.5 Å². The predicted octanol–water partition coefficient (Wildman–Crippen LogP) is 1.93. The van der Waals surface area contributed by atoms with Gasteiger partial charge < -0.3 is 15.8 Å². The highest BCUT2D eigenvalue weighted by molar-refractivity contribution is 5.97. The van der Waals surface area contributed by atoms with Crippen LogP contribution >= 0.6 is 0 Å². The fourth-order valence-corrected chi connectivity index (χ4v) is 1.96. The Morgan fingerprint density at radius 1 is 1.50 bits per heavy atom. The van der Waals surface area contributed by atoms with Gasteiger partial charge in [-0.05, 0) is 24.1 Å². The van der Waals surface area contributed by atoms with Gasteiger partial charge in [-0.25, -0.2) is 4.79 Å². The molecule has 84 valence electrons. The van der Waals surface area contributed by atoms with Crippen LogP contribution in [0.2, 0.25) is 0 Å². The number of rotatable bonds is 3. The Bertz CT molecular complexity index is 531. The molecule has 0 fully saturated rings. The number of fused-ring (bicyclic) bond motifs is 1. The van der Waals surface area contributed by atoms with E-state index < -0.39 is 5.97 Å². The van der Waals surface area contributed by atoms with Crippen molar-refractivity contribution in [3.8, 4) is 0 Å². The number of carboxylic acids is 1. The van der Waals surface area contributed by atoms with Crippen molar-refractivity contribution in [2.45, 2.75) is 12.8 Å². The van der Waals surface area contributed by atoms with Crippen molar-refractivity contribution in [3.05, 3.63) is 35.5 Å². The van der Waals surface area contributed by atoms with Crippen LogP contribution in [-0.2, 0) is 0 Å². The first-order chi connectivity index (χ1) is 7.65. The van der Waals surface area contributed by atoms with Gasteiger partial charge in [0.25, 0.3) is 0 Å². The number of aromatic nitrogens is 1. The van der Waals surface area contributed by atoms with Crippen molar-refractivity contribution < 1.29 is 9.90 Å². The van der Waals surface area contributed by atoms with Gasteiger partial charge >= 0.3 is 5.97 Å². The molecule has 0 aliphatic rings. The molecule has 4 heteroatoms. The van der Waals surface area contributed by atoms with E-state index in [4.69, 9.17) is 10.8 Å². The summed E-state index contributed by atoms with van der Waals surface area (Å²) in [5, 5.41) is 10.1. The SMILES string of the molecule is CC(CN)c1c(C(=O)O)[nH]c2ccccc12. The summed E-state index contributed by atoms with van der Waals surface area (Å²) in [4.78, 5) is 14.1. The molecular weight excluding hydrogens is 204 g/mol. The molecule has 1 aromatic carbocycles. The molecule has 0 saturated carbocycles. The van der Waals surface area contributed by atoms with Crippen LogP contribution in [0.4, 0.5) is 0 Å². The van der Waals surface area contributed by atoms with Gasteiger partial charge in [0.15, 0.2) is 0 Å². The second-order valence-electron chi connectivity index (χ2n) is 3.90. The quantitative estimate of drug-likeness (QED) is 0.736. The van der Waals surface area contributed by atoms with E-state index in [9.17, 15) is 4.79 Å². The van der Waals surface area contributed by atoms with Gasteiger partial charge in [-0.3, -0.25) is 0 Å². The first-order valence-corrected chi connectivity index (χ1v) is 5.19. The average Bonchev–Trinajstić information content (AvgIpc) is 2.67. The third-order valence-corrected chi connectivity index (χ3v) is 2.81. The van der Waals surface area contributed by atoms with Crippen molar-refractivity contribution >= 4 is 16.9 Å². The molecule has 4 nitrogen and oxygen atoms in total. The minimum Gasteiger partial charge on any atom is -0.477 e. The molecule has 1 heterocycles. The lowest BCUT2D eigenvalue weighted by molar-refractivity contribution is 0.0690. The zero-order chi connectivity index (χ0) is 11.7. The molecule has 0 aliphatic heterocycles. The molecule has 0 aliphatic carbocycles. The molecule has 0 amide bonds. The number of benzene rings is 1. The van der Waals surface area contributed by atoms with Gasteiger partial charge in [-0.2, -0.15) is 0 Å². The maximum absolute atomic E-state index is 11.1. The van der Waals surface area contributed by atoms with E-state index in [0.29, 0.717) is 6.54 Å². The second kappa shape index (κ2) is 3.98. The Balaban J connectivity index is 2.74. The van der Waals surface area contributed by atoms with Gasteiger partial charge in [0.2, 0.25) is 0 Å². The Labute approximate surface area is 93.1 Å². The fourth-order valence-electron chi connectivity index (χ4n) is 1.96. The molecule has 2 aromatic rings. The van der Waals surface area contributed by atoms with Crippen LogP contribution in [0.1, 0.15) is 28.9 Å². The van der Waals surface area contributed by atoms with Gasteiger partial charge in [0, 0.05) is 10.9 Å². The van der Waals surface area contributed by atoms with Crippen molar-refractivity contribution in [2.24, 2.45) is 5.73 Å². The third-order valence-electron chi connectivity index (χ3n) is 2.81. The molecule has 4 N–H and O–H groups in total. The van der Waals surface area contributed by atoms with Crippen molar-refractivity contribution in [1.29, 1.82) is 0 Å². The summed E-state index contributed by atoms with van der Waals surface area (Å²) in [5.74, 6) is -0.909. The smallest absolute Gasteiger partial charge is 0.352 e. The van der Waals surface area contributed by atoms with E-state index >= 15 is 0 Å². The summed E-state index contributed by atoms with van der Waals surface area (Å²) in [6.45, 7) is 2.37. The Hall–Kier alpha value is -1.81. The zero-order valence-electron chi connectivity index (χ0n) is 9.03. The van der Waals surface area contributed by atoms with Crippen molar-refractivity contribution in [1.82, 2.24) is 4.98 Å². The van der Waals surface area contributed by atoms with Crippen LogP contribution in [0.25, 0.3) is 10.9 Å². The van der Waals surface area contributed by atoms with E-state index in [1.807, 2.05) is 31.2 Å². The number of aromatic amines is 1. The zero-order valence-corrected chi connectivity index (χ0v) is 9.03. The predicted molar refractivity (Wildman–Crippen MR) is 62.7 cm³/mol. The van der Waals surface area contributed by atoms with Gasteiger partial charge in [-0.15, -0.1) is 0 Å². The average molecular weight is 218 g/mol. The van der Waals surface area contributed by atoms with Crippen LogP contribution in [0.15, 0.2) is 24.3 Å². The summed E-state index contributed by atoms with van der Waals surface area (Å²) >= 11 is 0. The minimum atomic E-state index is -0.938. The number of hydrogen-bond donors (Lipinski definition) is 3. The van der Waals surface area contributed by atoms with E-state index in [1.165, 1.54) is 0 Å². The van der Waals surface area contributed by atoms with Crippen LogP contribution in [-0.4, -0.2) is 22.6 Å². The van der Waals surface area contributed by atoms with Gasteiger partial charge in [0.05, 0.1) is 0 Å². The molecular formula is C12H14N2O2. The maximum Gasteiger partial charge on any atom is 0.352 e. The summed E-state index contributed by atoms with van der Waals surface area (Å²) in [6, 6.07) is 7.56. The number of carbonyl (C=O) groups is 1. The number of hydrogen-bond acceptors (Lipinski definition) is 2. The number of para-hydroxylation sites is 1. The van der Waals surface area contributed by atoms with Crippen LogP contribution in [0, 0.1) is 0 Å². The standard InChI is InChI=1S/C12H14N2O2/c1-7(6-13)10-8-4-2-3-5-9(8)14-11(10)12(15)16/h2-5,7,14H,6,13H2,1H3,(H,15,16). The number of nitrogens with one attached hydrogen (secondary N) is 1. The van der Waals surface area contributed by atoms with Crippen molar-refractivity contribution in [2.75, 3.05) is 6.54 Å². The number of nitrogens with two attached hydrogens (primary N) is 1.